The van der Waals surface area contributed by atoms with Crippen LogP contribution in [0.15, 0.2) is 0 Å². The third-order valence-electron chi connectivity index (χ3n) is 0.826. The van der Waals surface area contributed by atoms with Crippen molar-refractivity contribution in [3.05, 3.63) is 0 Å². The SMILES string of the molecule is CC(=O)OCCCOS(=O)(=O)O. The van der Waals surface area contributed by atoms with Crippen molar-refractivity contribution >= 4 is 16.4 Å². The molecule has 0 aliphatic carbocycles. The van der Waals surface area contributed by atoms with E-state index in [0.717, 1.165) is 0 Å². The Morgan fingerprint density at radius 3 is 2.42 bits per heavy atom. The van der Waals surface area contributed by atoms with Crippen molar-refractivity contribution in [1.29, 1.82) is 0 Å². The van der Waals surface area contributed by atoms with Crippen LogP contribution in [0.4, 0.5) is 0 Å². The summed E-state index contributed by atoms with van der Waals surface area (Å²) in [5.41, 5.74) is 0. The molecular formula is C5H10O6S. The van der Waals surface area contributed by atoms with Crippen LogP contribution in [0.25, 0.3) is 0 Å². The second kappa shape index (κ2) is 5.07. The first-order valence-electron chi connectivity index (χ1n) is 3.17. The van der Waals surface area contributed by atoms with Crippen LogP contribution in [0.3, 0.4) is 0 Å². The highest BCUT2D eigenvalue weighted by atomic mass is 32.3. The molecule has 0 aliphatic heterocycles. The summed E-state index contributed by atoms with van der Waals surface area (Å²) < 4.78 is 36.4. The third kappa shape index (κ3) is 9.34. The molecule has 0 radical (unpaired) electrons. The van der Waals surface area contributed by atoms with Gasteiger partial charge in [-0.2, -0.15) is 8.42 Å². The van der Waals surface area contributed by atoms with Crippen LogP contribution in [0.2, 0.25) is 0 Å². The maximum absolute atomic E-state index is 10.2. The predicted molar refractivity (Wildman–Crippen MR) is 38.8 cm³/mol. The first kappa shape index (κ1) is 11.3. The molecule has 0 saturated carbocycles. The molecule has 12 heavy (non-hydrogen) atoms. The van der Waals surface area contributed by atoms with Crippen molar-refractivity contribution in [3.63, 3.8) is 0 Å². The van der Waals surface area contributed by atoms with Gasteiger partial charge in [0.1, 0.15) is 0 Å². The molecule has 0 aromatic carbocycles. The molecule has 0 spiro atoms. The van der Waals surface area contributed by atoms with Crippen molar-refractivity contribution < 1.29 is 26.7 Å². The van der Waals surface area contributed by atoms with Crippen molar-refractivity contribution in [3.8, 4) is 0 Å². The summed E-state index contributed by atoms with van der Waals surface area (Å²) in [4.78, 5) is 10.2. The fraction of sp³-hybridized carbons (Fsp3) is 0.800. The molecule has 72 valence electrons. The van der Waals surface area contributed by atoms with E-state index in [2.05, 4.69) is 8.92 Å². The molecule has 0 heterocycles. The minimum atomic E-state index is -4.37. The Balaban J connectivity index is 3.29. The molecule has 0 aromatic rings. The fourth-order valence-electron chi connectivity index (χ4n) is 0.439. The Bertz CT molecular complexity index is 230. The number of esters is 1. The number of ether oxygens (including phenoxy) is 1. The van der Waals surface area contributed by atoms with Gasteiger partial charge >= 0.3 is 16.4 Å². The summed E-state index contributed by atoms with van der Waals surface area (Å²) in [5.74, 6) is -0.443. The zero-order chi connectivity index (χ0) is 9.61. The van der Waals surface area contributed by atoms with Gasteiger partial charge in [0.05, 0.1) is 13.2 Å². The molecule has 0 amide bonds. The third-order valence-corrected chi connectivity index (χ3v) is 1.29. The minimum absolute atomic E-state index is 0.0743. The van der Waals surface area contributed by atoms with Gasteiger partial charge in [0.15, 0.2) is 0 Å². The second-order valence-electron chi connectivity index (χ2n) is 1.94. The van der Waals surface area contributed by atoms with E-state index in [9.17, 15) is 13.2 Å². The number of hydrogen-bond acceptors (Lipinski definition) is 5. The van der Waals surface area contributed by atoms with Gasteiger partial charge in [0.25, 0.3) is 0 Å². The van der Waals surface area contributed by atoms with Crippen molar-refractivity contribution in [2.45, 2.75) is 13.3 Å². The minimum Gasteiger partial charge on any atom is -0.466 e. The van der Waals surface area contributed by atoms with Crippen LogP contribution in [0, 0.1) is 0 Å². The number of rotatable bonds is 5. The fourth-order valence-corrected chi connectivity index (χ4v) is 0.768. The topological polar surface area (TPSA) is 89.9 Å². The Kier molecular flexibility index (Phi) is 4.79. The van der Waals surface area contributed by atoms with Gasteiger partial charge in [-0.05, 0) is 0 Å². The van der Waals surface area contributed by atoms with Gasteiger partial charge in [0.2, 0.25) is 0 Å². The van der Waals surface area contributed by atoms with Gasteiger partial charge in [-0.3, -0.25) is 9.35 Å². The smallest absolute Gasteiger partial charge is 0.397 e. The number of hydrogen-bond donors (Lipinski definition) is 1. The highest BCUT2D eigenvalue weighted by molar-refractivity contribution is 7.80. The Labute approximate surface area is 70.4 Å². The molecule has 0 bridgehead atoms. The maximum atomic E-state index is 10.2. The van der Waals surface area contributed by atoms with E-state index >= 15 is 0 Å². The van der Waals surface area contributed by atoms with Gasteiger partial charge in [-0.1, -0.05) is 0 Å². The maximum Gasteiger partial charge on any atom is 0.397 e. The Morgan fingerprint density at radius 2 is 2.00 bits per heavy atom. The van der Waals surface area contributed by atoms with Gasteiger partial charge < -0.3 is 4.74 Å². The zero-order valence-corrected chi connectivity index (χ0v) is 7.33. The van der Waals surface area contributed by atoms with E-state index in [1.165, 1.54) is 6.92 Å². The highest BCUT2D eigenvalue weighted by Gasteiger charge is 2.02. The summed E-state index contributed by atoms with van der Waals surface area (Å²) >= 11 is 0. The van der Waals surface area contributed by atoms with Crippen molar-refractivity contribution in [1.82, 2.24) is 0 Å². The standard InChI is InChI=1S/C5H10O6S/c1-5(6)10-3-2-4-11-12(7,8)9/h2-4H2,1H3,(H,7,8,9). The van der Waals surface area contributed by atoms with Crippen molar-refractivity contribution in [2.24, 2.45) is 0 Å². The summed E-state index contributed by atoms with van der Waals surface area (Å²) in [6.07, 6.45) is 0.222. The summed E-state index contributed by atoms with van der Waals surface area (Å²) in [5, 5.41) is 0. The molecule has 1 N–H and O–H groups in total. The molecule has 0 aliphatic rings. The molecule has 0 rings (SSSR count). The lowest BCUT2D eigenvalue weighted by Crippen LogP contribution is -2.08. The molecule has 0 unspecified atom stereocenters. The van der Waals surface area contributed by atoms with E-state index < -0.39 is 16.4 Å². The van der Waals surface area contributed by atoms with E-state index in [-0.39, 0.29) is 19.6 Å². The largest absolute Gasteiger partial charge is 0.466 e. The average molecular weight is 198 g/mol. The van der Waals surface area contributed by atoms with Crippen LogP contribution >= 0.6 is 0 Å². The Morgan fingerprint density at radius 1 is 1.42 bits per heavy atom. The van der Waals surface area contributed by atoms with E-state index in [1.54, 1.807) is 0 Å². The first-order chi connectivity index (χ1) is 5.42. The lowest BCUT2D eigenvalue weighted by atomic mass is 10.5. The number of carbonyl (C=O) groups excluding carboxylic acids is 1. The Hall–Kier alpha value is -0.660. The lowest BCUT2D eigenvalue weighted by Gasteiger charge is -2.00. The molecule has 0 saturated heterocycles. The second-order valence-corrected chi connectivity index (χ2v) is 3.03. The van der Waals surface area contributed by atoms with E-state index in [4.69, 9.17) is 4.55 Å². The molecule has 7 heteroatoms. The van der Waals surface area contributed by atoms with Gasteiger partial charge in [0, 0.05) is 13.3 Å². The van der Waals surface area contributed by atoms with Crippen LogP contribution in [0.1, 0.15) is 13.3 Å². The quantitative estimate of drug-likeness (QED) is 0.372. The lowest BCUT2D eigenvalue weighted by molar-refractivity contribution is -0.141. The van der Waals surface area contributed by atoms with Gasteiger partial charge in [-0.15, -0.1) is 0 Å². The predicted octanol–water partition coefficient (Wildman–Crippen LogP) is -0.241. The first-order valence-corrected chi connectivity index (χ1v) is 4.53. The molecule has 0 fully saturated rings. The molecular weight excluding hydrogens is 188 g/mol. The molecule has 6 nitrogen and oxygen atoms in total. The van der Waals surface area contributed by atoms with E-state index in [0.29, 0.717) is 0 Å². The van der Waals surface area contributed by atoms with Crippen molar-refractivity contribution in [2.75, 3.05) is 13.2 Å². The monoisotopic (exact) mass is 198 g/mol. The van der Waals surface area contributed by atoms with Crippen LogP contribution < -0.4 is 0 Å². The average Bonchev–Trinajstić information content (AvgIpc) is 1.83. The number of carbonyl (C=O) groups is 1. The van der Waals surface area contributed by atoms with Crippen LogP contribution in [-0.2, 0) is 24.1 Å². The highest BCUT2D eigenvalue weighted by Crippen LogP contribution is 1.90. The summed E-state index contributed by atoms with van der Waals surface area (Å²) in [6.45, 7) is 1.11. The normalized spacial score (nSPS) is 11.2. The van der Waals surface area contributed by atoms with E-state index in [1.807, 2.05) is 0 Å². The summed E-state index contributed by atoms with van der Waals surface area (Å²) in [6, 6.07) is 0. The van der Waals surface area contributed by atoms with Crippen LogP contribution in [-0.4, -0.2) is 32.2 Å². The van der Waals surface area contributed by atoms with Gasteiger partial charge in [-0.25, -0.2) is 4.18 Å². The molecule has 0 atom stereocenters. The zero-order valence-electron chi connectivity index (χ0n) is 6.52. The molecule has 0 aromatic heterocycles. The van der Waals surface area contributed by atoms with Crippen LogP contribution in [0.5, 0.6) is 0 Å². The summed E-state index contributed by atoms with van der Waals surface area (Å²) in [7, 11) is -4.37.